The van der Waals surface area contributed by atoms with Crippen LogP contribution in [0, 0.1) is 11.8 Å². The molecule has 152 valence electrons. The van der Waals surface area contributed by atoms with Gasteiger partial charge in [-0.05, 0) is 41.0 Å². The Morgan fingerprint density at radius 2 is 2.00 bits per heavy atom. The highest BCUT2D eigenvalue weighted by Crippen LogP contribution is 2.63. The van der Waals surface area contributed by atoms with Crippen LogP contribution < -0.4 is 4.72 Å². The lowest BCUT2D eigenvalue weighted by Gasteiger charge is -2.24. The van der Waals surface area contributed by atoms with Crippen molar-refractivity contribution in [2.45, 2.75) is 25.3 Å². The van der Waals surface area contributed by atoms with Crippen molar-refractivity contribution in [3.05, 3.63) is 71.4 Å². The number of likely N-dealkylation sites (tertiary alicyclic amines) is 1. The molecule has 0 amide bonds. The van der Waals surface area contributed by atoms with E-state index in [0.29, 0.717) is 18.4 Å². The molecule has 2 fully saturated rings. The van der Waals surface area contributed by atoms with Crippen LogP contribution >= 0.6 is 0 Å². The fraction of sp³-hybridized carbons (Fsp3) is 0.391. The van der Waals surface area contributed by atoms with Gasteiger partial charge in [0.05, 0.1) is 0 Å². The highest BCUT2D eigenvalue weighted by molar-refractivity contribution is 7.77. The number of benzene rings is 2. The smallest absolute Gasteiger partial charge is 0.232 e. The predicted octanol–water partition coefficient (Wildman–Crippen LogP) is 3.46. The second-order valence-corrected chi connectivity index (χ2v) is 9.42. The molecule has 29 heavy (non-hydrogen) atoms. The molecular formula is C23H27N3O2S. The van der Waals surface area contributed by atoms with E-state index in [0.717, 1.165) is 31.6 Å². The van der Waals surface area contributed by atoms with Gasteiger partial charge in [-0.1, -0.05) is 49.4 Å². The number of nitrogens with one attached hydrogen (secondary N) is 2. The number of para-hydroxylation sites is 1. The SMILES string of the molecule is CC1(c2cccc(CNS(=O)O)c2)C2CN(CCc3c[nH]c4ccccc34)CC21. The molecule has 0 spiro atoms. The van der Waals surface area contributed by atoms with Crippen LogP contribution in [0.25, 0.3) is 10.9 Å². The summed E-state index contributed by atoms with van der Waals surface area (Å²) in [6, 6.07) is 17.0. The molecule has 2 heterocycles. The van der Waals surface area contributed by atoms with Crippen LogP contribution in [-0.2, 0) is 29.6 Å². The third-order valence-corrected chi connectivity index (χ3v) is 7.54. The molecule has 3 atom stereocenters. The zero-order chi connectivity index (χ0) is 20.0. The summed E-state index contributed by atoms with van der Waals surface area (Å²) >= 11 is -1.97. The summed E-state index contributed by atoms with van der Waals surface area (Å²) in [5.74, 6) is 1.42. The van der Waals surface area contributed by atoms with Crippen molar-refractivity contribution in [1.82, 2.24) is 14.6 Å². The van der Waals surface area contributed by atoms with Crippen LogP contribution in [0.4, 0.5) is 0 Å². The summed E-state index contributed by atoms with van der Waals surface area (Å²) in [7, 11) is 0. The van der Waals surface area contributed by atoms with Gasteiger partial charge in [0.15, 0.2) is 0 Å². The zero-order valence-corrected chi connectivity index (χ0v) is 17.4. The highest BCUT2D eigenvalue weighted by Gasteiger charge is 2.65. The molecular weight excluding hydrogens is 382 g/mol. The van der Waals surface area contributed by atoms with E-state index in [1.165, 1.54) is 22.0 Å². The molecule has 1 saturated carbocycles. The Morgan fingerprint density at radius 3 is 2.79 bits per heavy atom. The summed E-state index contributed by atoms with van der Waals surface area (Å²) in [4.78, 5) is 5.99. The summed E-state index contributed by atoms with van der Waals surface area (Å²) < 4.78 is 22.4. The first-order chi connectivity index (χ1) is 14.1. The first-order valence-corrected chi connectivity index (χ1v) is 11.4. The molecule has 0 bridgehead atoms. The van der Waals surface area contributed by atoms with E-state index < -0.39 is 11.3 Å². The molecule has 6 heteroatoms. The Hall–Kier alpha value is -1.99. The quantitative estimate of drug-likeness (QED) is 0.524. The molecule has 1 aromatic heterocycles. The van der Waals surface area contributed by atoms with Crippen molar-refractivity contribution < 1.29 is 8.76 Å². The standard InChI is InChI=1S/C23H27N3O2S/c1-23(18-6-4-5-16(11-18)12-25-29(27)28)20-14-26(15-21(20)23)10-9-17-13-24-22-8-3-2-7-19(17)22/h2-8,11,13,20-21,24-25H,9-10,12,14-15H2,1H3,(H,27,28). The number of piperidine rings is 1. The lowest BCUT2D eigenvalue weighted by atomic mass is 9.91. The van der Waals surface area contributed by atoms with Gasteiger partial charge in [0.1, 0.15) is 0 Å². The van der Waals surface area contributed by atoms with E-state index in [1.54, 1.807) is 0 Å². The summed E-state index contributed by atoms with van der Waals surface area (Å²) in [5.41, 5.74) is 5.30. The number of aromatic amines is 1. The Labute approximate surface area is 173 Å². The number of H-pyrrole nitrogens is 1. The summed E-state index contributed by atoms with van der Waals surface area (Å²) in [6.07, 6.45) is 3.24. The van der Waals surface area contributed by atoms with Gasteiger partial charge in [-0.2, -0.15) is 0 Å². The Kier molecular flexibility index (Phi) is 4.82. The monoisotopic (exact) mass is 409 g/mol. The maximum atomic E-state index is 10.9. The number of nitrogens with zero attached hydrogens (tertiary/aromatic N) is 1. The van der Waals surface area contributed by atoms with Crippen molar-refractivity contribution in [1.29, 1.82) is 0 Å². The highest BCUT2D eigenvalue weighted by atomic mass is 32.2. The van der Waals surface area contributed by atoms with Crippen molar-refractivity contribution in [3.8, 4) is 0 Å². The molecule has 2 aromatic carbocycles. The number of aromatic nitrogens is 1. The van der Waals surface area contributed by atoms with E-state index in [-0.39, 0.29) is 5.41 Å². The Balaban J connectivity index is 1.20. The predicted molar refractivity (Wildman–Crippen MR) is 117 cm³/mol. The minimum Gasteiger partial charge on any atom is -0.361 e. The second kappa shape index (κ2) is 7.36. The number of rotatable bonds is 7. The van der Waals surface area contributed by atoms with Crippen LogP contribution in [0.15, 0.2) is 54.7 Å². The van der Waals surface area contributed by atoms with Gasteiger partial charge in [-0.3, -0.25) is 4.55 Å². The molecule has 5 rings (SSSR count). The van der Waals surface area contributed by atoms with Crippen LogP contribution in [0.3, 0.4) is 0 Å². The third-order valence-electron chi connectivity index (χ3n) is 7.15. The first-order valence-electron chi connectivity index (χ1n) is 10.3. The van der Waals surface area contributed by atoms with Gasteiger partial charge in [-0.25, -0.2) is 8.93 Å². The average molecular weight is 410 g/mol. The normalized spacial score (nSPS) is 27.2. The fourth-order valence-electron chi connectivity index (χ4n) is 5.35. The number of hydrogen-bond donors (Lipinski definition) is 3. The van der Waals surface area contributed by atoms with Gasteiger partial charge in [-0.15, -0.1) is 0 Å². The van der Waals surface area contributed by atoms with Crippen LogP contribution in [0.5, 0.6) is 0 Å². The maximum absolute atomic E-state index is 10.9. The Bertz CT molecular complexity index is 1050. The molecule has 3 N–H and O–H groups in total. The maximum Gasteiger partial charge on any atom is 0.232 e. The molecule has 1 aliphatic carbocycles. The van der Waals surface area contributed by atoms with E-state index in [1.807, 2.05) is 6.07 Å². The van der Waals surface area contributed by atoms with E-state index >= 15 is 0 Å². The third kappa shape index (κ3) is 3.44. The topological polar surface area (TPSA) is 68.4 Å². The van der Waals surface area contributed by atoms with Crippen molar-refractivity contribution in [2.75, 3.05) is 19.6 Å². The largest absolute Gasteiger partial charge is 0.361 e. The number of hydrogen-bond acceptors (Lipinski definition) is 2. The molecule has 5 nitrogen and oxygen atoms in total. The van der Waals surface area contributed by atoms with E-state index in [4.69, 9.17) is 4.55 Å². The molecule has 0 radical (unpaired) electrons. The van der Waals surface area contributed by atoms with Crippen molar-refractivity contribution >= 4 is 22.2 Å². The van der Waals surface area contributed by atoms with Crippen molar-refractivity contribution in [2.24, 2.45) is 11.8 Å². The average Bonchev–Trinajstić information content (AvgIpc) is 3.11. The lowest BCUT2D eigenvalue weighted by Crippen LogP contribution is -2.30. The van der Waals surface area contributed by atoms with Gasteiger partial charge in [0, 0.05) is 48.7 Å². The Morgan fingerprint density at radius 1 is 1.21 bits per heavy atom. The van der Waals surface area contributed by atoms with E-state index in [2.05, 4.69) is 70.2 Å². The number of fused-ring (bicyclic) bond motifs is 2. The van der Waals surface area contributed by atoms with Gasteiger partial charge >= 0.3 is 0 Å². The van der Waals surface area contributed by atoms with Gasteiger partial charge in [0.25, 0.3) is 0 Å². The molecule has 1 aliphatic heterocycles. The fourth-order valence-corrected chi connectivity index (χ4v) is 5.64. The first kappa shape index (κ1) is 19.0. The summed E-state index contributed by atoms with van der Waals surface area (Å²) in [5, 5.41) is 1.34. The summed E-state index contributed by atoms with van der Waals surface area (Å²) in [6.45, 7) is 6.23. The van der Waals surface area contributed by atoms with Crippen molar-refractivity contribution in [3.63, 3.8) is 0 Å². The van der Waals surface area contributed by atoms with E-state index in [9.17, 15) is 4.21 Å². The minimum absolute atomic E-state index is 0.242. The van der Waals surface area contributed by atoms with Gasteiger partial charge < -0.3 is 9.88 Å². The second-order valence-electron chi connectivity index (χ2n) is 8.64. The minimum atomic E-state index is -1.97. The molecule has 1 saturated heterocycles. The van der Waals surface area contributed by atoms with Crippen LogP contribution in [-0.4, -0.2) is 38.3 Å². The lowest BCUT2D eigenvalue weighted by molar-refractivity contribution is 0.281. The van der Waals surface area contributed by atoms with Gasteiger partial charge in [0.2, 0.25) is 11.3 Å². The molecule has 2 aliphatic rings. The molecule has 3 aromatic rings. The van der Waals surface area contributed by atoms with Crippen LogP contribution in [0.2, 0.25) is 0 Å². The molecule has 3 unspecified atom stereocenters. The zero-order valence-electron chi connectivity index (χ0n) is 16.6. The van der Waals surface area contributed by atoms with Crippen LogP contribution in [0.1, 0.15) is 23.6 Å².